The van der Waals surface area contributed by atoms with Crippen molar-refractivity contribution < 1.29 is 13.9 Å². The number of ether oxygens (including phenoxy) is 1. The topological polar surface area (TPSA) is 101 Å². The summed E-state index contributed by atoms with van der Waals surface area (Å²) in [5.41, 5.74) is 9.19. The van der Waals surface area contributed by atoms with Gasteiger partial charge in [0.2, 0.25) is 0 Å². The fraction of sp³-hybridized carbons (Fsp3) is 0.0833. The number of fused-ring (bicyclic) bond motifs is 1. The quantitative estimate of drug-likeness (QED) is 0.286. The van der Waals surface area contributed by atoms with E-state index < -0.39 is 0 Å². The van der Waals surface area contributed by atoms with E-state index in [-0.39, 0.29) is 24.1 Å². The summed E-state index contributed by atoms with van der Waals surface area (Å²) in [6.07, 6.45) is 1.64. The molecule has 0 bridgehead atoms. The van der Waals surface area contributed by atoms with Gasteiger partial charge in [0.1, 0.15) is 18.2 Å². The lowest BCUT2D eigenvalue weighted by atomic mass is 9.95. The zero-order chi connectivity index (χ0) is 21.1. The first kappa shape index (κ1) is 22.1. The molecular formula is C24H22ClN3O3. The van der Waals surface area contributed by atoms with Gasteiger partial charge in [-0.05, 0) is 52.7 Å². The van der Waals surface area contributed by atoms with Crippen LogP contribution in [0.1, 0.15) is 21.7 Å². The predicted octanol–water partition coefficient (Wildman–Crippen LogP) is 5.20. The molecule has 6 nitrogen and oxygen atoms in total. The Balaban J connectivity index is 0.00000272. The molecule has 0 radical (unpaired) electrons. The number of carbonyl (C=O) groups excluding carboxylic acids is 1. The molecule has 1 amide bonds. The molecule has 1 heterocycles. The molecule has 4 N–H and O–H groups in total. The van der Waals surface area contributed by atoms with Crippen molar-refractivity contribution in [1.29, 1.82) is 5.41 Å². The molecule has 7 heteroatoms. The minimum Gasteiger partial charge on any atom is -0.466 e. The smallest absolute Gasteiger partial charge is 0.255 e. The Hall–Kier alpha value is -3.61. The maximum atomic E-state index is 12.9. The standard InChI is InChI=1S/C24H21N3O3.ClH/c1-29-14-20-10-18(13-30-20)22-12-17(24(28)27-19-5-3-2-4-6-19)9-15-7-8-16(23(25)26)11-21(15)22;/h2-13H,14H2,1H3,(H3,25,26)(H,27,28);1H. The number of halogens is 1. The van der Waals surface area contributed by atoms with E-state index in [1.54, 1.807) is 19.4 Å². The molecule has 0 aliphatic carbocycles. The predicted molar refractivity (Wildman–Crippen MR) is 125 cm³/mol. The second-order valence-electron chi connectivity index (χ2n) is 6.93. The molecule has 0 fully saturated rings. The van der Waals surface area contributed by atoms with Gasteiger partial charge >= 0.3 is 0 Å². The van der Waals surface area contributed by atoms with Crippen molar-refractivity contribution in [1.82, 2.24) is 0 Å². The highest BCUT2D eigenvalue weighted by atomic mass is 35.5. The van der Waals surface area contributed by atoms with Crippen LogP contribution in [0.2, 0.25) is 0 Å². The Bertz CT molecular complexity index is 1240. The van der Waals surface area contributed by atoms with Crippen molar-refractivity contribution in [3.8, 4) is 11.1 Å². The van der Waals surface area contributed by atoms with Gasteiger partial charge in [0.15, 0.2) is 0 Å². The van der Waals surface area contributed by atoms with Crippen LogP contribution in [0.4, 0.5) is 5.69 Å². The zero-order valence-electron chi connectivity index (χ0n) is 16.8. The van der Waals surface area contributed by atoms with Crippen LogP contribution in [-0.2, 0) is 11.3 Å². The van der Waals surface area contributed by atoms with E-state index in [9.17, 15) is 4.79 Å². The molecule has 158 valence electrons. The number of anilines is 1. The Morgan fingerprint density at radius 1 is 1.06 bits per heavy atom. The summed E-state index contributed by atoms with van der Waals surface area (Å²) >= 11 is 0. The van der Waals surface area contributed by atoms with Crippen LogP contribution in [0.5, 0.6) is 0 Å². The fourth-order valence-electron chi connectivity index (χ4n) is 3.36. The number of amidine groups is 1. The molecule has 0 unspecified atom stereocenters. The SMILES string of the molecule is COCc1cc(-c2cc(C(=O)Nc3ccccc3)cc3ccc(C(=N)N)cc23)co1.Cl. The average Bonchev–Trinajstić information content (AvgIpc) is 3.22. The van der Waals surface area contributed by atoms with E-state index in [0.717, 1.165) is 27.6 Å². The number of benzene rings is 3. The summed E-state index contributed by atoms with van der Waals surface area (Å²) in [7, 11) is 1.60. The molecule has 0 saturated carbocycles. The number of rotatable bonds is 6. The Morgan fingerprint density at radius 3 is 2.55 bits per heavy atom. The van der Waals surface area contributed by atoms with E-state index >= 15 is 0 Å². The van der Waals surface area contributed by atoms with Crippen LogP contribution < -0.4 is 11.1 Å². The number of methoxy groups -OCH3 is 1. The van der Waals surface area contributed by atoms with E-state index in [2.05, 4.69) is 5.32 Å². The largest absolute Gasteiger partial charge is 0.466 e. The highest BCUT2D eigenvalue weighted by Crippen LogP contribution is 2.33. The van der Waals surface area contributed by atoms with Gasteiger partial charge in [-0.1, -0.05) is 30.3 Å². The van der Waals surface area contributed by atoms with Gasteiger partial charge < -0.3 is 20.2 Å². The Kier molecular flexibility index (Phi) is 6.74. The molecule has 3 aromatic carbocycles. The number of nitrogens with one attached hydrogen (secondary N) is 2. The molecule has 0 aliphatic heterocycles. The van der Waals surface area contributed by atoms with E-state index in [1.165, 1.54) is 0 Å². The maximum Gasteiger partial charge on any atom is 0.255 e. The number of amides is 1. The molecular weight excluding hydrogens is 414 g/mol. The van der Waals surface area contributed by atoms with Gasteiger partial charge in [-0.25, -0.2) is 0 Å². The molecule has 4 rings (SSSR count). The molecule has 0 spiro atoms. The van der Waals surface area contributed by atoms with Crippen molar-refractivity contribution in [3.05, 3.63) is 89.9 Å². The van der Waals surface area contributed by atoms with Crippen molar-refractivity contribution >= 4 is 40.6 Å². The van der Waals surface area contributed by atoms with Crippen molar-refractivity contribution in [2.24, 2.45) is 5.73 Å². The summed E-state index contributed by atoms with van der Waals surface area (Å²) in [6.45, 7) is 0.352. The summed E-state index contributed by atoms with van der Waals surface area (Å²) in [6, 6.07) is 20.4. The van der Waals surface area contributed by atoms with E-state index in [0.29, 0.717) is 23.5 Å². The average molecular weight is 436 g/mol. The summed E-state index contributed by atoms with van der Waals surface area (Å²) in [5, 5.41) is 12.4. The summed E-state index contributed by atoms with van der Waals surface area (Å²) in [4.78, 5) is 12.9. The summed E-state index contributed by atoms with van der Waals surface area (Å²) < 4.78 is 10.7. The van der Waals surface area contributed by atoms with Gasteiger partial charge in [-0.15, -0.1) is 12.4 Å². The van der Waals surface area contributed by atoms with Crippen molar-refractivity contribution in [2.45, 2.75) is 6.61 Å². The minimum absolute atomic E-state index is 0. The molecule has 31 heavy (non-hydrogen) atoms. The molecule has 0 aliphatic rings. The fourth-order valence-corrected chi connectivity index (χ4v) is 3.36. The van der Waals surface area contributed by atoms with Gasteiger partial charge in [0, 0.05) is 29.5 Å². The van der Waals surface area contributed by atoms with Crippen LogP contribution in [-0.4, -0.2) is 18.9 Å². The number of carbonyl (C=O) groups is 1. The number of nitrogens with two attached hydrogens (primary N) is 1. The maximum absolute atomic E-state index is 12.9. The van der Waals surface area contributed by atoms with Crippen LogP contribution in [0.15, 0.2) is 77.4 Å². The lowest BCUT2D eigenvalue weighted by molar-refractivity contribution is 0.102. The van der Waals surface area contributed by atoms with E-state index in [1.807, 2.05) is 60.7 Å². The molecule has 1 aromatic heterocycles. The van der Waals surface area contributed by atoms with Gasteiger partial charge in [0.25, 0.3) is 5.91 Å². The number of para-hydroxylation sites is 1. The first-order valence-corrected chi connectivity index (χ1v) is 9.40. The third kappa shape index (κ3) is 4.77. The minimum atomic E-state index is -0.208. The number of hydrogen-bond acceptors (Lipinski definition) is 4. The molecule has 4 aromatic rings. The molecule has 0 atom stereocenters. The second kappa shape index (κ2) is 9.47. The third-order valence-corrected chi connectivity index (χ3v) is 4.81. The van der Waals surface area contributed by atoms with E-state index in [4.69, 9.17) is 20.3 Å². The van der Waals surface area contributed by atoms with Crippen molar-refractivity contribution in [2.75, 3.05) is 12.4 Å². The highest BCUT2D eigenvalue weighted by molar-refractivity contribution is 6.10. The third-order valence-electron chi connectivity index (χ3n) is 4.81. The first-order valence-electron chi connectivity index (χ1n) is 9.40. The van der Waals surface area contributed by atoms with Crippen molar-refractivity contribution in [3.63, 3.8) is 0 Å². The number of furan rings is 1. The number of hydrogen-bond donors (Lipinski definition) is 3. The lowest BCUT2D eigenvalue weighted by Gasteiger charge is -2.11. The van der Waals surface area contributed by atoms with Crippen LogP contribution in [0, 0.1) is 5.41 Å². The Morgan fingerprint density at radius 2 is 1.84 bits per heavy atom. The highest BCUT2D eigenvalue weighted by Gasteiger charge is 2.15. The van der Waals surface area contributed by atoms with Gasteiger partial charge in [0.05, 0.1) is 6.26 Å². The molecule has 0 saturated heterocycles. The van der Waals surface area contributed by atoms with Crippen LogP contribution >= 0.6 is 12.4 Å². The lowest BCUT2D eigenvalue weighted by Crippen LogP contribution is -2.12. The van der Waals surface area contributed by atoms with Crippen LogP contribution in [0.25, 0.3) is 21.9 Å². The number of nitrogen functional groups attached to an aromatic ring is 1. The second-order valence-corrected chi connectivity index (χ2v) is 6.93. The van der Waals surface area contributed by atoms with Crippen LogP contribution in [0.3, 0.4) is 0 Å². The van der Waals surface area contributed by atoms with Gasteiger partial charge in [-0.2, -0.15) is 0 Å². The van der Waals surface area contributed by atoms with Gasteiger partial charge in [-0.3, -0.25) is 10.2 Å². The summed E-state index contributed by atoms with van der Waals surface area (Å²) in [5.74, 6) is 0.462. The monoisotopic (exact) mass is 435 g/mol. The zero-order valence-corrected chi connectivity index (χ0v) is 17.7. The Labute approximate surface area is 185 Å². The first-order chi connectivity index (χ1) is 14.5. The normalized spacial score (nSPS) is 10.5.